The number of benzene rings is 6. The topological polar surface area (TPSA) is 25.8 Å². The molecule has 0 aliphatic carbocycles. The summed E-state index contributed by atoms with van der Waals surface area (Å²) in [5.74, 6) is 0. The molecule has 0 N–H and O–H groups in total. The Hall–Kier alpha value is -5.08. The highest BCUT2D eigenvalue weighted by Crippen LogP contribution is 2.38. The predicted molar refractivity (Wildman–Crippen MR) is 170 cm³/mol. The largest absolute Gasteiger partial charge is 0.251 e. The number of aryl methyl sites for hydroxylation is 2. The van der Waals surface area contributed by atoms with Crippen LogP contribution in [0.1, 0.15) is 11.4 Å². The third-order valence-electron chi connectivity index (χ3n) is 8.16. The standard InChI is InChI=1S/C38H26N2/c1-23-14-15-25-16-19-34-35(20-24(2)40-38(34)37(25)39-23)28-9-7-8-26(21-28)27-17-18-33-31-12-4-3-10-29(31)30-11-5-6-13-32(30)36(33)22-27/h3-22H,1-2H3. The first-order chi connectivity index (χ1) is 19.6. The molecule has 6 aromatic carbocycles. The number of hydrogen-bond acceptors (Lipinski definition) is 2. The van der Waals surface area contributed by atoms with Crippen molar-refractivity contribution >= 4 is 54.1 Å². The van der Waals surface area contributed by atoms with E-state index in [0.717, 1.165) is 33.2 Å². The van der Waals surface area contributed by atoms with Crippen molar-refractivity contribution in [3.8, 4) is 22.3 Å². The lowest BCUT2D eigenvalue weighted by atomic mass is 9.91. The molecule has 0 bridgehead atoms. The van der Waals surface area contributed by atoms with Gasteiger partial charge in [-0.2, -0.15) is 0 Å². The van der Waals surface area contributed by atoms with Gasteiger partial charge in [-0.25, -0.2) is 0 Å². The molecular weight excluding hydrogens is 484 g/mol. The molecule has 0 amide bonds. The van der Waals surface area contributed by atoms with Crippen molar-refractivity contribution in [3.05, 3.63) is 133 Å². The second-order valence-corrected chi connectivity index (χ2v) is 10.7. The van der Waals surface area contributed by atoms with Gasteiger partial charge in [-0.1, -0.05) is 97.1 Å². The highest BCUT2D eigenvalue weighted by molar-refractivity contribution is 6.25. The van der Waals surface area contributed by atoms with E-state index in [9.17, 15) is 0 Å². The fraction of sp³-hybridized carbons (Fsp3) is 0.0526. The first-order valence-electron chi connectivity index (χ1n) is 13.8. The molecule has 2 heterocycles. The van der Waals surface area contributed by atoms with Gasteiger partial charge >= 0.3 is 0 Å². The minimum Gasteiger partial charge on any atom is -0.251 e. The monoisotopic (exact) mass is 510 g/mol. The molecule has 2 heteroatoms. The van der Waals surface area contributed by atoms with Crippen molar-refractivity contribution in [2.24, 2.45) is 0 Å². The molecule has 0 atom stereocenters. The van der Waals surface area contributed by atoms with E-state index in [0.29, 0.717) is 0 Å². The van der Waals surface area contributed by atoms with Gasteiger partial charge in [-0.05, 0) is 92.7 Å². The molecule has 0 aliphatic heterocycles. The van der Waals surface area contributed by atoms with Crippen LogP contribution in [0, 0.1) is 13.8 Å². The van der Waals surface area contributed by atoms with Gasteiger partial charge in [0.1, 0.15) is 0 Å². The van der Waals surface area contributed by atoms with Gasteiger partial charge in [-0.3, -0.25) is 9.97 Å². The lowest BCUT2D eigenvalue weighted by molar-refractivity contribution is 1.23. The molecule has 2 nitrogen and oxygen atoms in total. The van der Waals surface area contributed by atoms with Crippen LogP contribution in [0.4, 0.5) is 0 Å². The molecule has 188 valence electrons. The molecule has 0 aliphatic rings. The van der Waals surface area contributed by atoms with Crippen molar-refractivity contribution < 1.29 is 0 Å². The summed E-state index contributed by atoms with van der Waals surface area (Å²) in [6.07, 6.45) is 0. The van der Waals surface area contributed by atoms with Crippen molar-refractivity contribution in [3.63, 3.8) is 0 Å². The average molecular weight is 511 g/mol. The normalized spacial score (nSPS) is 11.8. The quantitative estimate of drug-likeness (QED) is 0.216. The fourth-order valence-corrected chi connectivity index (χ4v) is 6.29. The average Bonchev–Trinajstić information content (AvgIpc) is 3.00. The maximum absolute atomic E-state index is 4.94. The molecule has 0 saturated carbocycles. The summed E-state index contributed by atoms with van der Waals surface area (Å²) in [5.41, 5.74) is 8.71. The van der Waals surface area contributed by atoms with E-state index < -0.39 is 0 Å². The summed E-state index contributed by atoms with van der Waals surface area (Å²) in [7, 11) is 0. The lowest BCUT2D eigenvalue weighted by Crippen LogP contribution is -1.93. The van der Waals surface area contributed by atoms with E-state index in [1.54, 1.807) is 0 Å². The van der Waals surface area contributed by atoms with Crippen LogP contribution in [0.25, 0.3) is 76.4 Å². The molecule has 0 radical (unpaired) electrons. The summed E-state index contributed by atoms with van der Waals surface area (Å²) in [6.45, 7) is 4.11. The maximum atomic E-state index is 4.94. The highest BCUT2D eigenvalue weighted by Gasteiger charge is 2.13. The first kappa shape index (κ1) is 22.9. The lowest BCUT2D eigenvalue weighted by Gasteiger charge is -2.14. The minimum absolute atomic E-state index is 0.964. The van der Waals surface area contributed by atoms with Gasteiger partial charge in [0.05, 0.1) is 11.0 Å². The Labute approximate surface area is 232 Å². The van der Waals surface area contributed by atoms with Crippen molar-refractivity contribution in [2.45, 2.75) is 13.8 Å². The number of rotatable bonds is 2. The fourth-order valence-electron chi connectivity index (χ4n) is 6.29. The second-order valence-electron chi connectivity index (χ2n) is 10.7. The number of nitrogens with zero attached hydrogens (tertiary/aromatic N) is 2. The van der Waals surface area contributed by atoms with E-state index in [1.165, 1.54) is 54.6 Å². The molecule has 0 unspecified atom stereocenters. The van der Waals surface area contributed by atoms with Crippen LogP contribution in [-0.4, -0.2) is 9.97 Å². The Morgan fingerprint density at radius 1 is 0.375 bits per heavy atom. The Bertz CT molecular complexity index is 2260. The zero-order chi connectivity index (χ0) is 26.8. The van der Waals surface area contributed by atoms with Crippen LogP contribution in [0.2, 0.25) is 0 Å². The van der Waals surface area contributed by atoms with Crippen molar-refractivity contribution in [1.82, 2.24) is 9.97 Å². The van der Waals surface area contributed by atoms with Gasteiger partial charge in [-0.15, -0.1) is 0 Å². The van der Waals surface area contributed by atoms with E-state index in [4.69, 9.17) is 9.97 Å². The number of hydrogen-bond donors (Lipinski definition) is 0. The molecule has 2 aromatic heterocycles. The first-order valence-corrected chi connectivity index (χ1v) is 13.8. The summed E-state index contributed by atoms with van der Waals surface area (Å²) in [6, 6.07) is 44.0. The third kappa shape index (κ3) is 3.50. The molecular formula is C38H26N2. The van der Waals surface area contributed by atoms with E-state index in [2.05, 4.69) is 128 Å². The summed E-state index contributed by atoms with van der Waals surface area (Å²) >= 11 is 0. The van der Waals surface area contributed by atoms with Gasteiger partial charge in [0.15, 0.2) is 0 Å². The number of fused-ring (bicyclic) bond motifs is 9. The van der Waals surface area contributed by atoms with E-state index >= 15 is 0 Å². The molecule has 8 rings (SSSR count). The maximum Gasteiger partial charge on any atom is 0.0974 e. The summed E-state index contributed by atoms with van der Waals surface area (Å²) < 4.78 is 0. The molecule has 0 fully saturated rings. The van der Waals surface area contributed by atoms with Crippen LogP contribution >= 0.6 is 0 Å². The SMILES string of the molecule is Cc1ccc2ccc3c(-c4cccc(-c5ccc6c7ccccc7c7ccccc7c6c5)c4)cc(C)nc3c2n1. The summed E-state index contributed by atoms with van der Waals surface area (Å²) in [5, 5.41) is 10.0. The van der Waals surface area contributed by atoms with Gasteiger partial charge in [0, 0.05) is 22.2 Å². The highest BCUT2D eigenvalue weighted by atomic mass is 14.8. The molecule has 40 heavy (non-hydrogen) atoms. The molecule has 8 aromatic rings. The Morgan fingerprint density at radius 3 is 1.70 bits per heavy atom. The van der Waals surface area contributed by atoms with Gasteiger partial charge < -0.3 is 0 Å². The minimum atomic E-state index is 0.964. The Morgan fingerprint density at radius 2 is 0.950 bits per heavy atom. The Kier molecular flexibility index (Phi) is 4.99. The predicted octanol–water partition coefficient (Wildman–Crippen LogP) is 10.2. The number of pyridine rings is 2. The van der Waals surface area contributed by atoms with Gasteiger partial charge in [0.2, 0.25) is 0 Å². The van der Waals surface area contributed by atoms with E-state index in [1.807, 2.05) is 6.92 Å². The number of aromatic nitrogens is 2. The van der Waals surface area contributed by atoms with Gasteiger partial charge in [0.25, 0.3) is 0 Å². The summed E-state index contributed by atoms with van der Waals surface area (Å²) in [4.78, 5) is 9.79. The van der Waals surface area contributed by atoms with Crippen LogP contribution < -0.4 is 0 Å². The molecule has 0 saturated heterocycles. The molecule has 0 spiro atoms. The van der Waals surface area contributed by atoms with Crippen LogP contribution in [-0.2, 0) is 0 Å². The Balaban J connectivity index is 1.34. The zero-order valence-corrected chi connectivity index (χ0v) is 22.4. The van der Waals surface area contributed by atoms with Crippen LogP contribution in [0.15, 0.2) is 121 Å². The van der Waals surface area contributed by atoms with Crippen molar-refractivity contribution in [2.75, 3.05) is 0 Å². The van der Waals surface area contributed by atoms with E-state index in [-0.39, 0.29) is 0 Å². The van der Waals surface area contributed by atoms with Crippen LogP contribution in [0.5, 0.6) is 0 Å². The zero-order valence-electron chi connectivity index (χ0n) is 22.4. The second kappa shape index (κ2) is 8.72. The van der Waals surface area contributed by atoms with Crippen LogP contribution in [0.3, 0.4) is 0 Å². The van der Waals surface area contributed by atoms with Crippen molar-refractivity contribution in [1.29, 1.82) is 0 Å². The smallest absolute Gasteiger partial charge is 0.0974 e. The third-order valence-corrected chi connectivity index (χ3v) is 8.16.